The minimum absolute atomic E-state index is 0.168. The molecule has 0 fully saturated rings. The summed E-state index contributed by atoms with van der Waals surface area (Å²) < 4.78 is 5.62. The van der Waals surface area contributed by atoms with E-state index in [1.54, 1.807) is 12.1 Å². The molecule has 0 saturated heterocycles. The van der Waals surface area contributed by atoms with Crippen LogP contribution in [0.3, 0.4) is 0 Å². The number of carboxylic acid groups (broad SMARTS) is 1. The van der Waals surface area contributed by atoms with Crippen LogP contribution in [0, 0.1) is 0 Å². The van der Waals surface area contributed by atoms with Crippen molar-refractivity contribution in [2.24, 2.45) is 0 Å². The maximum absolute atomic E-state index is 12.1. The SMILES string of the molecule is O=C(O)c1ccc(CNC(=O)C2Cc3ccccc3O2)cc1. The van der Waals surface area contributed by atoms with Crippen molar-refractivity contribution in [3.8, 4) is 5.75 Å². The highest BCUT2D eigenvalue weighted by Crippen LogP contribution is 2.28. The summed E-state index contributed by atoms with van der Waals surface area (Å²) in [6.45, 7) is 0.342. The molecule has 112 valence electrons. The van der Waals surface area contributed by atoms with Gasteiger partial charge in [0.15, 0.2) is 6.10 Å². The molecule has 22 heavy (non-hydrogen) atoms. The molecule has 1 aliphatic heterocycles. The number of aromatic carboxylic acids is 1. The maximum atomic E-state index is 12.1. The van der Waals surface area contributed by atoms with Gasteiger partial charge in [-0.2, -0.15) is 0 Å². The molecule has 5 nitrogen and oxygen atoms in total. The zero-order chi connectivity index (χ0) is 15.5. The van der Waals surface area contributed by atoms with Gasteiger partial charge in [0.25, 0.3) is 5.91 Å². The number of fused-ring (bicyclic) bond motifs is 1. The monoisotopic (exact) mass is 297 g/mol. The second-order valence-electron chi connectivity index (χ2n) is 5.14. The van der Waals surface area contributed by atoms with Gasteiger partial charge in [-0.15, -0.1) is 0 Å². The third-order valence-corrected chi connectivity index (χ3v) is 3.61. The van der Waals surface area contributed by atoms with E-state index in [2.05, 4.69) is 5.32 Å². The minimum Gasteiger partial charge on any atom is -0.480 e. The van der Waals surface area contributed by atoms with Gasteiger partial charge in [-0.3, -0.25) is 4.79 Å². The van der Waals surface area contributed by atoms with E-state index in [9.17, 15) is 9.59 Å². The third-order valence-electron chi connectivity index (χ3n) is 3.61. The Morgan fingerprint density at radius 1 is 1.14 bits per heavy atom. The summed E-state index contributed by atoms with van der Waals surface area (Å²) in [5.74, 6) is -0.375. The molecule has 0 bridgehead atoms. The number of carboxylic acids is 1. The highest BCUT2D eigenvalue weighted by atomic mass is 16.5. The fraction of sp³-hybridized carbons (Fsp3) is 0.176. The van der Waals surface area contributed by atoms with Crippen molar-refractivity contribution in [1.29, 1.82) is 0 Å². The molecular weight excluding hydrogens is 282 g/mol. The van der Waals surface area contributed by atoms with Crippen molar-refractivity contribution in [2.45, 2.75) is 19.1 Å². The van der Waals surface area contributed by atoms with E-state index in [0.29, 0.717) is 13.0 Å². The van der Waals surface area contributed by atoms with Gasteiger partial charge in [0, 0.05) is 13.0 Å². The molecule has 2 aromatic rings. The number of ether oxygens (including phenoxy) is 1. The second-order valence-corrected chi connectivity index (χ2v) is 5.14. The lowest BCUT2D eigenvalue weighted by molar-refractivity contribution is -0.127. The van der Waals surface area contributed by atoms with Crippen LogP contribution in [-0.2, 0) is 17.8 Å². The molecule has 0 aromatic heterocycles. The number of carbonyl (C=O) groups excluding carboxylic acids is 1. The fourth-order valence-electron chi connectivity index (χ4n) is 2.40. The van der Waals surface area contributed by atoms with Gasteiger partial charge in [0.1, 0.15) is 5.75 Å². The van der Waals surface area contributed by atoms with Crippen molar-refractivity contribution >= 4 is 11.9 Å². The molecule has 1 heterocycles. The van der Waals surface area contributed by atoms with Crippen LogP contribution in [0.15, 0.2) is 48.5 Å². The summed E-state index contributed by atoms with van der Waals surface area (Å²) >= 11 is 0. The molecule has 0 saturated carbocycles. The van der Waals surface area contributed by atoms with E-state index in [0.717, 1.165) is 16.9 Å². The number of benzene rings is 2. The first-order chi connectivity index (χ1) is 10.6. The van der Waals surface area contributed by atoms with Crippen molar-refractivity contribution in [3.63, 3.8) is 0 Å². The molecule has 1 atom stereocenters. The van der Waals surface area contributed by atoms with Gasteiger partial charge in [-0.1, -0.05) is 30.3 Å². The van der Waals surface area contributed by atoms with Crippen LogP contribution in [0.1, 0.15) is 21.5 Å². The van der Waals surface area contributed by atoms with Gasteiger partial charge in [-0.05, 0) is 29.3 Å². The number of para-hydroxylation sites is 1. The van der Waals surface area contributed by atoms with Gasteiger partial charge in [0.05, 0.1) is 5.56 Å². The van der Waals surface area contributed by atoms with Crippen molar-refractivity contribution in [2.75, 3.05) is 0 Å². The van der Waals surface area contributed by atoms with Crippen molar-refractivity contribution < 1.29 is 19.4 Å². The molecule has 0 spiro atoms. The van der Waals surface area contributed by atoms with Gasteiger partial charge < -0.3 is 15.2 Å². The Kier molecular flexibility index (Phi) is 3.78. The van der Waals surface area contributed by atoms with E-state index >= 15 is 0 Å². The number of nitrogens with one attached hydrogen (secondary N) is 1. The van der Waals surface area contributed by atoms with E-state index in [1.165, 1.54) is 12.1 Å². The molecule has 1 amide bonds. The average molecular weight is 297 g/mol. The molecule has 3 rings (SSSR count). The number of hydrogen-bond acceptors (Lipinski definition) is 3. The Bertz CT molecular complexity index is 684. The zero-order valence-corrected chi connectivity index (χ0v) is 11.8. The smallest absolute Gasteiger partial charge is 0.335 e. The topological polar surface area (TPSA) is 75.6 Å². The first-order valence-electron chi connectivity index (χ1n) is 6.98. The highest BCUT2D eigenvalue weighted by Gasteiger charge is 2.28. The van der Waals surface area contributed by atoms with E-state index in [1.807, 2.05) is 24.3 Å². The van der Waals surface area contributed by atoms with E-state index in [-0.39, 0.29) is 11.5 Å². The lowest BCUT2D eigenvalue weighted by Crippen LogP contribution is -2.37. The predicted molar refractivity (Wildman–Crippen MR) is 79.8 cm³/mol. The van der Waals surface area contributed by atoms with Crippen molar-refractivity contribution in [1.82, 2.24) is 5.32 Å². The van der Waals surface area contributed by atoms with Gasteiger partial charge in [0.2, 0.25) is 0 Å². The molecule has 0 aliphatic carbocycles. The summed E-state index contributed by atoms with van der Waals surface area (Å²) in [6, 6.07) is 14.0. The Labute approximate surface area is 127 Å². The van der Waals surface area contributed by atoms with Crippen LogP contribution in [0.2, 0.25) is 0 Å². The lowest BCUT2D eigenvalue weighted by Gasteiger charge is -2.11. The van der Waals surface area contributed by atoms with E-state index < -0.39 is 12.1 Å². The largest absolute Gasteiger partial charge is 0.480 e. The van der Waals surface area contributed by atoms with Crippen LogP contribution in [0.25, 0.3) is 0 Å². The molecule has 2 N–H and O–H groups in total. The number of amides is 1. The zero-order valence-electron chi connectivity index (χ0n) is 11.8. The normalized spacial score (nSPS) is 15.7. The van der Waals surface area contributed by atoms with Crippen LogP contribution in [0.4, 0.5) is 0 Å². The minimum atomic E-state index is -0.965. The van der Waals surface area contributed by atoms with Crippen LogP contribution in [-0.4, -0.2) is 23.1 Å². The number of carbonyl (C=O) groups is 2. The van der Waals surface area contributed by atoms with Crippen LogP contribution >= 0.6 is 0 Å². The first-order valence-corrected chi connectivity index (χ1v) is 6.98. The first kappa shape index (κ1) is 14.1. The molecule has 5 heteroatoms. The summed E-state index contributed by atoms with van der Waals surface area (Å²) in [5, 5.41) is 11.7. The summed E-state index contributed by atoms with van der Waals surface area (Å²) in [7, 11) is 0. The van der Waals surface area contributed by atoms with Gasteiger partial charge in [-0.25, -0.2) is 4.79 Å². The maximum Gasteiger partial charge on any atom is 0.335 e. The second kappa shape index (κ2) is 5.89. The predicted octanol–water partition coefficient (Wildman–Crippen LogP) is 2.00. The molecule has 1 aliphatic rings. The fourth-order valence-corrected chi connectivity index (χ4v) is 2.40. The lowest BCUT2D eigenvalue weighted by atomic mass is 10.1. The molecule has 2 aromatic carbocycles. The summed E-state index contributed by atoms with van der Waals surface area (Å²) in [4.78, 5) is 22.9. The van der Waals surface area contributed by atoms with E-state index in [4.69, 9.17) is 9.84 Å². The van der Waals surface area contributed by atoms with Crippen LogP contribution in [0.5, 0.6) is 5.75 Å². The van der Waals surface area contributed by atoms with Gasteiger partial charge >= 0.3 is 5.97 Å². The molecular formula is C17H15NO4. The Hall–Kier alpha value is -2.82. The summed E-state index contributed by atoms with van der Waals surface area (Å²) in [5.41, 5.74) is 2.10. The molecule has 1 unspecified atom stereocenters. The quantitative estimate of drug-likeness (QED) is 0.905. The average Bonchev–Trinajstić information content (AvgIpc) is 2.97. The van der Waals surface area contributed by atoms with Crippen LogP contribution < -0.4 is 10.1 Å². The third kappa shape index (κ3) is 2.93. The Morgan fingerprint density at radius 3 is 2.55 bits per heavy atom. The van der Waals surface area contributed by atoms with Crippen molar-refractivity contribution in [3.05, 3.63) is 65.2 Å². The number of hydrogen-bond donors (Lipinski definition) is 2. The standard InChI is InChI=1S/C17H15NO4/c19-16(15-9-13-3-1-2-4-14(13)22-15)18-10-11-5-7-12(8-6-11)17(20)21/h1-8,15H,9-10H2,(H,18,19)(H,20,21). The Balaban J connectivity index is 1.56. The molecule has 0 radical (unpaired) electrons. The number of rotatable bonds is 4. The summed E-state index contributed by atoms with van der Waals surface area (Å²) in [6.07, 6.45) is 0.0654. The highest BCUT2D eigenvalue weighted by molar-refractivity contribution is 5.87. The Morgan fingerprint density at radius 2 is 1.86 bits per heavy atom.